The number of anilines is 2. The minimum atomic E-state index is -0.958. The Balaban J connectivity index is 1.51. The van der Waals surface area contributed by atoms with E-state index in [2.05, 4.69) is 5.32 Å². The van der Waals surface area contributed by atoms with E-state index in [-0.39, 0.29) is 18.7 Å². The summed E-state index contributed by atoms with van der Waals surface area (Å²) in [5.74, 6) is -0.683. The first-order chi connectivity index (χ1) is 16.5. The van der Waals surface area contributed by atoms with Gasteiger partial charge in [0.15, 0.2) is 0 Å². The Bertz CT molecular complexity index is 1150. The van der Waals surface area contributed by atoms with Gasteiger partial charge in [0.2, 0.25) is 5.91 Å². The fraction of sp³-hybridized carbons (Fsp3) is 0.240. The number of carbonyl (C=O) groups is 3. The molecule has 7 nitrogen and oxygen atoms in total. The van der Waals surface area contributed by atoms with Gasteiger partial charge in [-0.25, -0.2) is 14.1 Å². The molecule has 0 aliphatic carbocycles. The van der Waals surface area contributed by atoms with Crippen molar-refractivity contribution < 1.29 is 23.5 Å². The van der Waals surface area contributed by atoms with Gasteiger partial charge in [0, 0.05) is 17.1 Å². The van der Waals surface area contributed by atoms with Gasteiger partial charge in [0.1, 0.15) is 17.6 Å². The normalized spacial score (nSPS) is 15.6. The number of imide groups is 1. The highest BCUT2D eigenvalue weighted by molar-refractivity contribution is 7.09. The Morgan fingerprint density at radius 3 is 2.47 bits per heavy atom. The number of thiophene rings is 1. The number of hydrogen-bond acceptors (Lipinski definition) is 5. The van der Waals surface area contributed by atoms with Gasteiger partial charge in [0.05, 0.1) is 18.7 Å². The summed E-state index contributed by atoms with van der Waals surface area (Å²) in [6.45, 7) is 2.70. The van der Waals surface area contributed by atoms with Crippen molar-refractivity contribution in [3.05, 3.63) is 76.7 Å². The summed E-state index contributed by atoms with van der Waals surface area (Å²) in [6.07, 6.45) is 0.366. The fourth-order valence-electron chi connectivity index (χ4n) is 3.79. The number of ether oxygens (including phenoxy) is 1. The molecule has 0 bridgehead atoms. The first kappa shape index (κ1) is 23.4. The van der Waals surface area contributed by atoms with Crippen LogP contribution in [-0.4, -0.2) is 41.9 Å². The van der Waals surface area contributed by atoms with Crippen LogP contribution in [0.25, 0.3) is 0 Å². The topological polar surface area (TPSA) is 79.0 Å². The molecule has 0 saturated carbocycles. The van der Waals surface area contributed by atoms with Crippen molar-refractivity contribution >= 4 is 40.6 Å². The molecule has 9 heteroatoms. The van der Waals surface area contributed by atoms with E-state index in [9.17, 15) is 18.8 Å². The maximum absolute atomic E-state index is 13.4. The van der Waals surface area contributed by atoms with Gasteiger partial charge >= 0.3 is 6.03 Å². The Labute approximate surface area is 200 Å². The highest BCUT2D eigenvalue weighted by atomic mass is 32.1. The monoisotopic (exact) mass is 481 g/mol. The van der Waals surface area contributed by atoms with Gasteiger partial charge < -0.3 is 15.0 Å². The average Bonchev–Trinajstić information content (AvgIpc) is 3.42. The lowest BCUT2D eigenvalue weighted by molar-refractivity contribution is -0.124. The number of carbonyl (C=O) groups excluding carboxylic acids is 3. The maximum atomic E-state index is 13.4. The van der Waals surface area contributed by atoms with Gasteiger partial charge in [-0.2, -0.15) is 0 Å². The molecule has 1 saturated heterocycles. The number of hydrogen-bond donors (Lipinski definition) is 1. The van der Waals surface area contributed by atoms with E-state index >= 15 is 0 Å². The van der Waals surface area contributed by atoms with Crippen LogP contribution in [0.3, 0.4) is 0 Å². The number of amides is 4. The minimum Gasteiger partial charge on any atom is -0.494 e. The second-order valence-corrected chi connectivity index (χ2v) is 8.71. The van der Waals surface area contributed by atoms with E-state index < -0.39 is 29.7 Å². The largest absolute Gasteiger partial charge is 0.494 e. The molecule has 2 heterocycles. The number of halogens is 1. The number of nitrogens with one attached hydrogen (secondary N) is 1. The number of benzene rings is 2. The van der Waals surface area contributed by atoms with Crippen LogP contribution in [-0.2, 0) is 16.0 Å². The molecule has 1 N–H and O–H groups in total. The van der Waals surface area contributed by atoms with Crippen molar-refractivity contribution in [3.8, 4) is 5.75 Å². The van der Waals surface area contributed by atoms with Gasteiger partial charge in [0.25, 0.3) is 5.91 Å². The molecule has 1 aromatic heterocycles. The zero-order chi connectivity index (χ0) is 24.1. The summed E-state index contributed by atoms with van der Waals surface area (Å²) < 4.78 is 18.8. The molecule has 4 amide bonds. The molecule has 0 unspecified atom stereocenters. The van der Waals surface area contributed by atoms with Crippen molar-refractivity contribution in [2.24, 2.45) is 0 Å². The van der Waals surface area contributed by atoms with E-state index in [1.165, 1.54) is 29.2 Å². The van der Waals surface area contributed by atoms with Crippen LogP contribution >= 0.6 is 11.3 Å². The Morgan fingerprint density at radius 2 is 1.82 bits per heavy atom. The van der Waals surface area contributed by atoms with Crippen LogP contribution in [0.4, 0.5) is 20.6 Å². The SMILES string of the molecule is CCOc1ccc(NC(=O)C[C@@H]2C(=O)N(c3ccc(F)cc3)C(=O)N2CCc2cccs2)cc1. The summed E-state index contributed by atoms with van der Waals surface area (Å²) in [5, 5.41) is 4.72. The van der Waals surface area contributed by atoms with E-state index in [0.29, 0.717) is 24.5 Å². The van der Waals surface area contributed by atoms with Gasteiger partial charge in [-0.3, -0.25) is 9.59 Å². The van der Waals surface area contributed by atoms with E-state index in [0.717, 1.165) is 9.78 Å². The third-order valence-corrected chi connectivity index (χ3v) is 6.35. The van der Waals surface area contributed by atoms with E-state index in [4.69, 9.17) is 4.74 Å². The molecule has 34 heavy (non-hydrogen) atoms. The van der Waals surface area contributed by atoms with Crippen LogP contribution in [0.5, 0.6) is 5.75 Å². The third kappa shape index (κ3) is 5.26. The zero-order valence-electron chi connectivity index (χ0n) is 18.6. The molecule has 1 atom stereocenters. The van der Waals surface area contributed by atoms with Crippen molar-refractivity contribution in [1.29, 1.82) is 0 Å². The molecule has 2 aromatic carbocycles. The second-order valence-electron chi connectivity index (χ2n) is 7.68. The Morgan fingerprint density at radius 1 is 1.09 bits per heavy atom. The molecule has 0 radical (unpaired) electrons. The van der Waals surface area contributed by atoms with Crippen LogP contribution in [0.1, 0.15) is 18.2 Å². The molecule has 0 spiro atoms. The molecule has 176 valence electrons. The summed E-state index contributed by atoms with van der Waals surface area (Å²) in [6, 6.07) is 14.5. The van der Waals surface area contributed by atoms with Gasteiger partial charge in [-0.15, -0.1) is 11.3 Å². The van der Waals surface area contributed by atoms with E-state index in [1.807, 2.05) is 24.4 Å². The summed E-state index contributed by atoms with van der Waals surface area (Å²) >= 11 is 1.56. The minimum absolute atomic E-state index is 0.195. The van der Waals surface area contributed by atoms with Gasteiger partial charge in [-0.1, -0.05) is 6.07 Å². The Kier molecular flexibility index (Phi) is 7.22. The van der Waals surface area contributed by atoms with Crippen LogP contribution in [0.2, 0.25) is 0 Å². The lowest BCUT2D eigenvalue weighted by Gasteiger charge is -2.21. The first-order valence-corrected chi connectivity index (χ1v) is 11.8. The van der Waals surface area contributed by atoms with Crippen molar-refractivity contribution in [1.82, 2.24) is 4.90 Å². The van der Waals surface area contributed by atoms with Gasteiger partial charge in [-0.05, 0) is 73.3 Å². The average molecular weight is 482 g/mol. The maximum Gasteiger partial charge on any atom is 0.332 e. The zero-order valence-corrected chi connectivity index (χ0v) is 19.4. The smallest absolute Gasteiger partial charge is 0.332 e. The molecule has 1 aliphatic heterocycles. The summed E-state index contributed by atoms with van der Waals surface area (Å²) in [7, 11) is 0. The lowest BCUT2D eigenvalue weighted by Crippen LogP contribution is -2.39. The Hall–Kier alpha value is -3.72. The number of rotatable bonds is 9. The molecule has 1 fully saturated rings. The highest BCUT2D eigenvalue weighted by Crippen LogP contribution is 2.28. The molecular weight excluding hydrogens is 457 g/mol. The predicted octanol–water partition coefficient (Wildman–Crippen LogP) is 4.69. The van der Waals surface area contributed by atoms with Crippen molar-refractivity contribution in [3.63, 3.8) is 0 Å². The van der Waals surface area contributed by atoms with Crippen molar-refractivity contribution in [2.75, 3.05) is 23.4 Å². The molecule has 4 rings (SSSR count). The first-order valence-electron chi connectivity index (χ1n) is 10.9. The third-order valence-electron chi connectivity index (χ3n) is 5.41. The molecule has 1 aliphatic rings. The van der Waals surface area contributed by atoms with Crippen molar-refractivity contribution in [2.45, 2.75) is 25.8 Å². The predicted molar refractivity (Wildman–Crippen MR) is 129 cm³/mol. The number of nitrogens with zero attached hydrogens (tertiary/aromatic N) is 2. The van der Waals surface area contributed by atoms with E-state index in [1.54, 1.807) is 35.6 Å². The molecule has 3 aromatic rings. The summed E-state index contributed by atoms with van der Waals surface area (Å²) in [4.78, 5) is 42.8. The van der Waals surface area contributed by atoms with Crippen LogP contribution in [0.15, 0.2) is 66.0 Å². The van der Waals surface area contributed by atoms with Crippen LogP contribution < -0.4 is 15.0 Å². The second kappa shape index (κ2) is 10.5. The quantitative estimate of drug-likeness (QED) is 0.450. The fourth-order valence-corrected chi connectivity index (χ4v) is 4.49. The summed E-state index contributed by atoms with van der Waals surface area (Å²) in [5.41, 5.74) is 0.831. The molecular formula is C25H24FN3O4S. The number of urea groups is 1. The lowest BCUT2D eigenvalue weighted by atomic mass is 10.1. The van der Waals surface area contributed by atoms with Crippen LogP contribution in [0, 0.1) is 5.82 Å². The highest BCUT2D eigenvalue weighted by Gasteiger charge is 2.46. The standard InChI is InChI=1S/C25H24FN3O4S/c1-2-33-20-11-7-18(8-12-20)27-23(30)16-22-24(31)29(19-9-5-17(26)6-10-19)25(32)28(22)14-13-21-4-3-15-34-21/h3-12,15,22H,2,13-14,16H2,1H3,(H,27,30)/t22-/m1/s1.